The molecule has 0 rings (SSSR count). The molecule has 0 heterocycles. The lowest BCUT2D eigenvalue weighted by molar-refractivity contribution is -0.260. The van der Waals surface area contributed by atoms with Gasteiger partial charge in [0.1, 0.15) is 0 Å². The highest BCUT2D eigenvalue weighted by molar-refractivity contribution is 4.86. The quantitative estimate of drug-likeness (QED) is 0.788. The van der Waals surface area contributed by atoms with Crippen molar-refractivity contribution in [2.45, 2.75) is 66.2 Å². The van der Waals surface area contributed by atoms with Crippen molar-refractivity contribution in [3.05, 3.63) is 0 Å². The van der Waals surface area contributed by atoms with Gasteiger partial charge in [0.05, 0.1) is 0 Å². The first kappa shape index (κ1) is 16.8. The van der Waals surface area contributed by atoms with Crippen LogP contribution < -0.4 is 0 Å². The van der Waals surface area contributed by atoms with Crippen molar-refractivity contribution >= 4 is 0 Å². The average molecular weight is 254 g/mol. The maximum Gasteiger partial charge on any atom is 0.416 e. The van der Waals surface area contributed by atoms with Crippen LogP contribution in [0.15, 0.2) is 0 Å². The van der Waals surface area contributed by atoms with Crippen LogP contribution in [-0.4, -0.2) is 16.9 Å². The molecule has 0 fully saturated rings. The topological polar surface area (TPSA) is 20.2 Å². The smallest absolute Gasteiger partial charge is 0.381 e. The van der Waals surface area contributed by atoms with E-state index in [9.17, 15) is 18.3 Å². The lowest BCUT2D eigenvalue weighted by Crippen LogP contribution is -2.44. The molecular weight excluding hydrogens is 229 g/mol. The summed E-state index contributed by atoms with van der Waals surface area (Å²) in [7, 11) is 0. The standard InChI is InChI=1S/C13H25F3O/c1-9(2)10(7-11(3,4)5)8-12(6,17)13(14,15)16/h9-10,17H,7-8H2,1-6H3. The molecule has 0 aromatic carbocycles. The van der Waals surface area contributed by atoms with Crippen molar-refractivity contribution in [2.24, 2.45) is 17.3 Å². The number of alkyl halides is 3. The van der Waals surface area contributed by atoms with E-state index in [1.165, 1.54) is 0 Å². The molecule has 0 bridgehead atoms. The Balaban J connectivity index is 4.78. The largest absolute Gasteiger partial charge is 0.416 e. The molecule has 0 saturated carbocycles. The first-order valence-corrected chi connectivity index (χ1v) is 6.05. The van der Waals surface area contributed by atoms with E-state index in [1.807, 2.05) is 34.6 Å². The van der Waals surface area contributed by atoms with E-state index in [4.69, 9.17) is 0 Å². The summed E-state index contributed by atoms with van der Waals surface area (Å²) in [6.07, 6.45) is -4.11. The van der Waals surface area contributed by atoms with Crippen LogP contribution in [0, 0.1) is 17.3 Å². The van der Waals surface area contributed by atoms with Crippen LogP contribution in [0.3, 0.4) is 0 Å². The van der Waals surface area contributed by atoms with Gasteiger partial charge in [-0.2, -0.15) is 13.2 Å². The molecule has 1 N–H and O–H groups in total. The van der Waals surface area contributed by atoms with Gasteiger partial charge in [-0.15, -0.1) is 0 Å². The summed E-state index contributed by atoms with van der Waals surface area (Å²) in [4.78, 5) is 0. The van der Waals surface area contributed by atoms with Gasteiger partial charge in [0, 0.05) is 0 Å². The van der Waals surface area contributed by atoms with Crippen LogP contribution in [0.4, 0.5) is 13.2 Å². The minimum atomic E-state index is -4.56. The highest BCUT2D eigenvalue weighted by Gasteiger charge is 2.51. The van der Waals surface area contributed by atoms with Crippen LogP contribution in [0.1, 0.15) is 54.4 Å². The summed E-state index contributed by atoms with van der Waals surface area (Å²) in [5.74, 6) is -0.00493. The molecule has 0 spiro atoms. The van der Waals surface area contributed by atoms with Gasteiger partial charge in [-0.3, -0.25) is 0 Å². The van der Waals surface area contributed by atoms with E-state index < -0.39 is 11.8 Å². The normalized spacial score (nSPS) is 19.2. The van der Waals surface area contributed by atoms with Crippen molar-refractivity contribution in [1.29, 1.82) is 0 Å². The number of rotatable bonds is 4. The van der Waals surface area contributed by atoms with Crippen molar-refractivity contribution in [1.82, 2.24) is 0 Å². The summed E-state index contributed by atoms with van der Waals surface area (Å²) < 4.78 is 37.9. The Labute approximate surface area is 102 Å². The maximum absolute atomic E-state index is 12.6. The fourth-order valence-corrected chi connectivity index (χ4v) is 1.96. The molecule has 0 aliphatic heterocycles. The van der Waals surface area contributed by atoms with Gasteiger partial charge < -0.3 is 5.11 Å². The third kappa shape index (κ3) is 5.75. The Morgan fingerprint density at radius 3 is 1.59 bits per heavy atom. The first-order chi connectivity index (χ1) is 7.26. The van der Waals surface area contributed by atoms with E-state index in [1.54, 1.807) is 0 Å². The van der Waals surface area contributed by atoms with Crippen LogP contribution in [0.5, 0.6) is 0 Å². The molecule has 0 aromatic rings. The Bertz CT molecular complexity index is 236. The number of halogens is 3. The van der Waals surface area contributed by atoms with Gasteiger partial charge in [0.2, 0.25) is 0 Å². The first-order valence-electron chi connectivity index (χ1n) is 6.05. The summed E-state index contributed by atoms with van der Waals surface area (Å²) in [5, 5.41) is 9.54. The minimum Gasteiger partial charge on any atom is -0.381 e. The fourth-order valence-electron chi connectivity index (χ4n) is 1.96. The third-order valence-electron chi connectivity index (χ3n) is 3.09. The molecule has 2 unspecified atom stereocenters. The predicted molar refractivity (Wildman–Crippen MR) is 63.7 cm³/mol. The monoisotopic (exact) mass is 254 g/mol. The fraction of sp³-hybridized carbons (Fsp3) is 1.00. The van der Waals surface area contributed by atoms with Crippen LogP contribution in [0.25, 0.3) is 0 Å². The van der Waals surface area contributed by atoms with Gasteiger partial charge in [-0.25, -0.2) is 0 Å². The number of aliphatic hydroxyl groups is 1. The molecule has 0 radical (unpaired) electrons. The van der Waals surface area contributed by atoms with E-state index in [0.29, 0.717) is 6.42 Å². The van der Waals surface area contributed by atoms with Crippen molar-refractivity contribution < 1.29 is 18.3 Å². The molecule has 0 amide bonds. The maximum atomic E-state index is 12.6. The Morgan fingerprint density at radius 2 is 1.35 bits per heavy atom. The zero-order valence-corrected chi connectivity index (χ0v) is 11.7. The lowest BCUT2D eigenvalue weighted by Gasteiger charge is -2.35. The van der Waals surface area contributed by atoms with E-state index in [2.05, 4.69) is 0 Å². The van der Waals surface area contributed by atoms with Gasteiger partial charge >= 0.3 is 6.18 Å². The second-order valence-electron chi connectivity index (χ2n) is 6.74. The van der Waals surface area contributed by atoms with Gasteiger partial charge in [0.15, 0.2) is 5.60 Å². The van der Waals surface area contributed by atoms with E-state index >= 15 is 0 Å². The molecule has 0 aromatic heterocycles. The zero-order valence-electron chi connectivity index (χ0n) is 11.7. The van der Waals surface area contributed by atoms with Gasteiger partial charge in [-0.05, 0) is 37.0 Å². The van der Waals surface area contributed by atoms with Crippen LogP contribution >= 0.6 is 0 Å². The Morgan fingerprint density at radius 1 is 0.941 bits per heavy atom. The second-order valence-corrected chi connectivity index (χ2v) is 6.74. The molecule has 104 valence electrons. The second kappa shape index (κ2) is 5.17. The predicted octanol–water partition coefficient (Wildman–Crippen LogP) is 4.40. The number of hydrogen-bond acceptors (Lipinski definition) is 1. The number of hydrogen-bond donors (Lipinski definition) is 1. The summed E-state index contributed by atoms with van der Waals surface area (Å²) in [6.45, 7) is 10.7. The summed E-state index contributed by atoms with van der Waals surface area (Å²) in [6, 6.07) is 0. The lowest BCUT2D eigenvalue weighted by atomic mass is 9.75. The van der Waals surface area contributed by atoms with Crippen molar-refractivity contribution in [3.8, 4) is 0 Å². The molecule has 1 nitrogen and oxygen atoms in total. The average Bonchev–Trinajstić information content (AvgIpc) is 1.96. The SMILES string of the molecule is CC(C)C(CC(C)(C)C)CC(C)(O)C(F)(F)F. The molecule has 0 saturated heterocycles. The molecule has 17 heavy (non-hydrogen) atoms. The Kier molecular flexibility index (Phi) is 5.09. The minimum absolute atomic E-state index is 0.0311. The molecule has 4 heteroatoms. The molecule has 2 atom stereocenters. The van der Waals surface area contributed by atoms with E-state index in [0.717, 1.165) is 6.92 Å². The van der Waals surface area contributed by atoms with Crippen LogP contribution in [0.2, 0.25) is 0 Å². The third-order valence-corrected chi connectivity index (χ3v) is 3.09. The van der Waals surface area contributed by atoms with Gasteiger partial charge in [0.25, 0.3) is 0 Å². The van der Waals surface area contributed by atoms with Crippen LogP contribution in [-0.2, 0) is 0 Å². The van der Waals surface area contributed by atoms with Crippen molar-refractivity contribution in [3.63, 3.8) is 0 Å². The van der Waals surface area contributed by atoms with Crippen molar-refractivity contribution in [2.75, 3.05) is 0 Å². The molecular formula is C13H25F3O. The highest BCUT2D eigenvalue weighted by Crippen LogP contribution is 2.40. The van der Waals surface area contributed by atoms with Gasteiger partial charge in [-0.1, -0.05) is 34.6 Å². The molecule has 0 aliphatic carbocycles. The zero-order chi connectivity index (χ0) is 14.1. The summed E-state index contributed by atoms with van der Waals surface area (Å²) in [5.41, 5.74) is -2.62. The Hall–Kier alpha value is -0.250. The molecule has 0 aliphatic rings. The highest BCUT2D eigenvalue weighted by atomic mass is 19.4. The summed E-state index contributed by atoms with van der Waals surface area (Å²) >= 11 is 0. The van der Waals surface area contributed by atoms with E-state index in [-0.39, 0.29) is 23.7 Å².